The van der Waals surface area contributed by atoms with E-state index in [1.54, 1.807) is 4.90 Å². The van der Waals surface area contributed by atoms with Gasteiger partial charge >= 0.3 is 0 Å². The highest BCUT2D eigenvalue weighted by molar-refractivity contribution is 6.03. The van der Waals surface area contributed by atoms with Crippen LogP contribution in [0.5, 0.6) is 0 Å². The summed E-state index contributed by atoms with van der Waals surface area (Å²) in [6, 6.07) is 17.2. The predicted molar refractivity (Wildman–Crippen MR) is 118 cm³/mol. The van der Waals surface area contributed by atoms with E-state index in [1.165, 1.54) is 5.56 Å². The number of hydrogen-bond acceptors (Lipinski definition) is 4. The van der Waals surface area contributed by atoms with Gasteiger partial charge in [0.15, 0.2) is 0 Å². The molecule has 2 aromatic carbocycles. The second-order valence-corrected chi connectivity index (χ2v) is 8.16. The Morgan fingerprint density at radius 3 is 2.74 bits per heavy atom. The Balaban J connectivity index is 1.33. The fourth-order valence-electron chi connectivity index (χ4n) is 4.50. The molecule has 2 aliphatic heterocycles. The molecular weight excluding hydrogens is 392 g/mol. The van der Waals surface area contributed by atoms with E-state index >= 15 is 0 Å². The number of nitrogens with zero attached hydrogens (tertiary/aromatic N) is 3. The summed E-state index contributed by atoms with van der Waals surface area (Å²) in [5, 5.41) is 2.97. The molecule has 2 amide bonds. The highest BCUT2D eigenvalue weighted by Gasteiger charge is 2.42. The number of rotatable bonds is 7. The molecule has 3 aromatic rings. The number of carbonyl (C=O) groups excluding carboxylic acids is 2. The fraction of sp³-hybridized carbons (Fsp3) is 0.375. The van der Waals surface area contributed by atoms with E-state index in [-0.39, 0.29) is 24.3 Å². The van der Waals surface area contributed by atoms with Gasteiger partial charge in [-0.15, -0.1) is 0 Å². The Bertz CT molecular complexity index is 1090. The summed E-state index contributed by atoms with van der Waals surface area (Å²) in [6.07, 6.45) is 2.83. The largest absolute Gasteiger partial charge is 0.376 e. The summed E-state index contributed by atoms with van der Waals surface area (Å²) in [4.78, 5) is 32.4. The summed E-state index contributed by atoms with van der Waals surface area (Å²) >= 11 is 0. The molecule has 0 saturated carbocycles. The first kappa shape index (κ1) is 19.8. The lowest BCUT2D eigenvalue weighted by atomic mass is 10.1. The van der Waals surface area contributed by atoms with Crippen molar-refractivity contribution in [1.29, 1.82) is 0 Å². The Labute approximate surface area is 181 Å². The molecule has 0 radical (unpaired) electrons. The van der Waals surface area contributed by atoms with Crippen molar-refractivity contribution in [3.8, 4) is 0 Å². The average molecular weight is 418 g/mol. The predicted octanol–water partition coefficient (Wildman–Crippen LogP) is 2.85. The van der Waals surface area contributed by atoms with E-state index in [9.17, 15) is 9.59 Å². The van der Waals surface area contributed by atoms with Crippen molar-refractivity contribution in [2.75, 3.05) is 24.6 Å². The minimum absolute atomic E-state index is 0.0238. The first-order valence-electron chi connectivity index (χ1n) is 10.9. The van der Waals surface area contributed by atoms with Crippen molar-refractivity contribution in [3.05, 3.63) is 60.2 Å². The lowest BCUT2D eigenvalue weighted by Gasteiger charge is -2.19. The Kier molecular flexibility index (Phi) is 5.42. The molecule has 7 nitrogen and oxygen atoms in total. The fourth-order valence-corrected chi connectivity index (χ4v) is 4.50. The van der Waals surface area contributed by atoms with Crippen molar-refractivity contribution in [3.63, 3.8) is 0 Å². The number of hydrogen-bond donors (Lipinski definition) is 1. The zero-order valence-electron chi connectivity index (χ0n) is 17.4. The molecule has 1 saturated heterocycles. The normalized spacial score (nSPS) is 20.4. The summed E-state index contributed by atoms with van der Waals surface area (Å²) in [6.45, 7) is 1.76. The number of benzene rings is 2. The van der Waals surface area contributed by atoms with Gasteiger partial charge in [0.1, 0.15) is 6.04 Å². The summed E-state index contributed by atoms with van der Waals surface area (Å²) < 4.78 is 7.67. The van der Waals surface area contributed by atoms with E-state index < -0.39 is 6.04 Å². The van der Waals surface area contributed by atoms with Crippen LogP contribution in [0.25, 0.3) is 11.0 Å². The average Bonchev–Trinajstić information content (AvgIpc) is 3.48. The number of para-hydroxylation sites is 2. The topological polar surface area (TPSA) is 76.5 Å². The van der Waals surface area contributed by atoms with Gasteiger partial charge in [0, 0.05) is 13.2 Å². The minimum Gasteiger partial charge on any atom is -0.376 e. The maximum Gasteiger partial charge on any atom is 0.253 e. The van der Waals surface area contributed by atoms with Crippen molar-refractivity contribution in [2.45, 2.75) is 37.8 Å². The van der Waals surface area contributed by atoms with Crippen molar-refractivity contribution < 1.29 is 14.3 Å². The van der Waals surface area contributed by atoms with Crippen LogP contribution in [-0.4, -0.2) is 47.2 Å². The molecule has 0 spiro atoms. The van der Waals surface area contributed by atoms with Crippen LogP contribution in [0.2, 0.25) is 0 Å². The second kappa shape index (κ2) is 8.51. The molecule has 1 aromatic heterocycles. The number of amides is 2. The number of anilines is 1. The van der Waals surface area contributed by atoms with Gasteiger partial charge in [-0.25, -0.2) is 4.98 Å². The molecular formula is C24H26N4O3. The first-order chi connectivity index (χ1) is 15.2. The SMILES string of the molecule is O=C(C[C@H]1C(=O)N(C[C@@H]2CCCO2)c2nc3ccccc3n21)NCCc1ccccc1. The van der Waals surface area contributed by atoms with Crippen LogP contribution >= 0.6 is 0 Å². The van der Waals surface area contributed by atoms with Crippen LogP contribution in [0.15, 0.2) is 54.6 Å². The molecule has 2 atom stereocenters. The Hall–Kier alpha value is -3.19. The molecule has 1 N–H and O–H groups in total. The highest BCUT2D eigenvalue weighted by atomic mass is 16.5. The second-order valence-electron chi connectivity index (χ2n) is 8.16. The third-order valence-corrected chi connectivity index (χ3v) is 6.05. The van der Waals surface area contributed by atoms with E-state index in [2.05, 4.69) is 5.32 Å². The van der Waals surface area contributed by atoms with Gasteiger partial charge in [-0.1, -0.05) is 42.5 Å². The molecule has 1 fully saturated rings. The molecule has 0 bridgehead atoms. The molecule has 3 heterocycles. The van der Waals surface area contributed by atoms with E-state index in [0.29, 0.717) is 19.0 Å². The van der Waals surface area contributed by atoms with Crippen LogP contribution in [0.1, 0.15) is 30.9 Å². The van der Waals surface area contributed by atoms with E-state index in [4.69, 9.17) is 9.72 Å². The molecule has 7 heteroatoms. The number of imidazole rings is 1. The molecule has 31 heavy (non-hydrogen) atoms. The molecule has 5 rings (SSSR count). The number of ether oxygens (including phenoxy) is 1. The van der Waals surface area contributed by atoms with Crippen LogP contribution in [0.3, 0.4) is 0 Å². The van der Waals surface area contributed by atoms with Crippen LogP contribution in [0, 0.1) is 0 Å². The van der Waals surface area contributed by atoms with Crippen LogP contribution in [-0.2, 0) is 20.7 Å². The number of aromatic nitrogens is 2. The minimum atomic E-state index is -0.583. The van der Waals surface area contributed by atoms with Crippen LogP contribution < -0.4 is 10.2 Å². The van der Waals surface area contributed by atoms with Gasteiger partial charge in [-0.05, 0) is 37.0 Å². The van der Waals surface area contributed by atoms with Crippen molar-refractivity contribution >= 4 is 28.8 Å². The van der Waals surface area contributed by atoms with Crippen molar-refractivity contribution in [1.82, 2.24) is 14.9 Å². The Morgan fingerprint density at radius 1 is 1.13 bits per heavy atom. The third kappa shape index (κ3) is 3.93. The quantitative estimate of drug-likeness (QED) is 0.640. The first-order valence-corrected chi connectivity index (χ1v) is 10.9. The summed E-state index contributed by atoms with van der Waals surface area (Å²) in [7, 11) is 0. The summed E-state index contributed by atoms with van der Waals surface area (Å²) in [5.74, 6) is 0.405. The maximum absolute atomic E-state index is 13.3. The number of nitrogens with one attached hydrogen (secondary N) is 1. The van der Waals surface area contributed by atoms with E-state index in [1.807, 2.05) is 59.2 Å². The standard InChI is InChI=1S/C24H26N4O3/c29-22(25-13-12-17-7-2-1-3-8-17)15-21-23(30)27(16-18-9-6-14-31-18)24-26-19-10-4-5-11-20(19)28(21)24/h1-5,7-8,10-11,18,21H,6,9,12-16H2,(H,25,29)/t18-,21-/m0/s1. The van der Waals surface area contributed by atoms with Gasteiger partial charge in [-0.3, -0.25) is 19.1 Å². The van der Waals surface area contributed by atoms with Gasteiger partial charge in [0.05, 0.1) is 30.1 Å². The lowest BCUT2D eigenvalue weighted by Crippen LogP contribution is -2.37. The lowest BCUT2D eigenvalue weighted by molar-refractivity contribution is -0.127. The molecule has 2 aliphatic rings. The Morgan fingerprint density at radius 2 is 1.94 bits per heavy atom. The van der Waals surface area contributed by atoms with Crippen molar-refractivity contribution in [2.24, 2.45) is 0 Å². The zero-order valence-corrected chi connectivity index (χ0v) is 17.4. The monoisotopic (exact) mass is 418 g/mol. The molecule has 0 aliphatic carbocycles. The maximum atomic E-state index is 13.3. The highest BCUT2D eigenvalue weighted by Crippen LogP contribution is 2.37. The number of fused-ring (bicyclic) bond motifs is 3. The zero-order chi connectivity index (χ0) is 21.2. The van der Waals surface area contributed by atoms with Crippen LogP contribution in [0.4, 0.5) is 5.95 Å². The van der Waals surface area contributed by atoms with Gasteiger partial charge in [0.2, 0.25) is 11.9 Å². The van der Waals surface area contributed by atoms with Gasteiger partial charge in [-0.2, -0.15) is 0 Å². The number of carbonyl (C=O) groups is 2. The van der Waals surface area contributed by atoms with Gasteiger partial charge < -0.3 is 10.1 Å². The third-order valence-electron chi connectivity index (χ3n) is 6.05. The van der Waals surface area contributed by atoms with E-state index in [0.717, 1.165) is 36.9 Å². The molecule has 0 unspecified atom stereocenters. The smallest absolute Gasteiger partial charge is 0.253 e. The van der Waals surface area contributed by atoms with Gasteiger partial charge in [0.25, 0.3) is 5.91 Å². The summed E-state index contributed by atoms with van der Waals surface area (Å²) in [5.41, 5.74) is 2.88. The molecule has 160 valence electrons.